The van der Waals surface area contributed by atoms with E-state index in [0.29, 0.717) is 36.7 Å². The van der Waals surface area contributed by atoms with Crippen LogP contribution >= 0.6 is 0 Å². The first-order chi connectivity index (χ1) is 16.3. The second-order valence-corrected chi connectivity index (χ2v) is 9.92. The Balaban J connectivity index is 1.34. The minimum Gasteiger partial charge on any atom is -0.471 e. The van der Waals surface area contributed by atoms with Crippen LogP contribution in [0.3, 0.4) is 0 Å². The second kappa shape index (κ2) is 8.65. The quantitative estimate of drug-likeness (QED) is 0.569. The highest BCUT2D eigenvalue weighted by Crippen LogP contribution is 2.32. The normalized spacial score (nSPS) is 22.4. The number of fused-ring (bicyclic) bond motifs is 1. The maximum absolute atomic E-state index is 13.1. The van der Waals surface area contributed by atoms with E-state index in [0.717, 1.165) is 42.9 Å². The van der Waals surface area contributed by atoms with E-state index in [1.54, 1.807) is 0 Å². The molecule has 0 N–H and O–H groups in total. The van der Waals surface area contributed by atoms with Crippen LogP contribution in [0.25, 0.3) is 22.6 Å². The molecule has 2 unspecified atom stereocenters. The minimum absolute atomic E-state index is 0.0129. The Bertz CT molecular complexity index is 1210. The minimum atomic E-state index is -0.247. The van der Waals surface area contributed by atoms with Crippen LogP contribution in [0.4, 0.5) is 0 Å². The van der Waals surface area contributed by atoms with E-state index in [4.69, 9.17) is 14.5 Å². The largest absolute Gasteiger partial charge is 0.471 e. The predicted octanol–water partition coefficient (Wildman–Crippen LogP) is 2.74. The number of hydrogen-bond acceptors (Lipinski definition) is 7. The SMILES string of the molecule is CCn1ncc(-c2nc3c(OC4CCN(C(=O)C5CCOC(C)(C)C5)C4)ncnc3n2C)c1C. The van der Waals surface area contributed by atoms with Crippen LogP contribution in [0.2, 0.25) is 0 Å². The zero-order chi connectivity index (χ0) is 24.0. The molecule has 1 amide bonds. The van der Waals surface area contributed by atoms with Crippen molar-refractivity contribution in [2.24, 2.45) is 13.0 Å². The summed E-state index contributed by atoms with van der Waals surface area (Å²) >= 11 is 0. The lowest BCUT2D eigenvalue weighted by molar-refractivity contribution is -0.144. The molecule has 5 rings (SSSR count). The number of carbonyl (C=O) groups excluding carboxylic acids is 1. The van der Waals surface area contributed by atoms with Crippen LogP contribution in [-0.2, 0) is 23.1 Å². The fourth-order valence-corrected chi connectivity index (χ4v) is 5.17. The van der Waals surface area contributed by atoms with Crippen LogP contribution in [0.1, 0.15) is 45.7 Å². The molecular weight excluding hydrogens is 434 g/mol. The van der Waals surface area contributed by atoms with Gasteiger partial charge in [-0.15, -0.1) is 0 Å². The third-order valence-corrected chi connectivity index (χ3v) is 7.05. The number of ether oxygens (including phenoxy) is 2. The van der Waals surface area contributed by atoms with Crippen molar-refractivity contribution < 1.29 is 14.3 Å². The van der Waals surface area contributed by atoms with Gasteiger partial charge in [-0.1, -0.05) is 0 Å². The first-order valence-corrected chi connectivity index (χ1v) is 12.1. The van der Waals surface area contributed by atoms with Crippen molar-refractivity contribution in [2.45, 2.75) is 65.2 Å². The molecule has 2 aliphatic rings. The average molecular weight is 468 g/mol. The topological polar surface area (TPSA) is 100 Å². The van der Waals surface area contributed by atoms with Crippen LogP contribution in [0.5, 0.6) is 5.88 Å². The van der Waals surface area contributed by atoms with Gasteiger partial charge in [0.25, 0.3) is 0 Å². The van der Waals surface area contributed by atoms with Gasteiger partial charge in [-0.05, 0) is 40.5 Å². The second-order valence-electron chi connectivity index (χ2n) is 9.92. The van der Waals surface area contributed by atoms with Crippen molar-refractivity contribution in [1.29, 1.82) is 0 Å². The molecule has 2 fully saturated rings. The van der Waals surface area contributed by atoms with Crippen molar-refractivity contribution in [2.75, 3.05) is 19.7 Å². The fraction of sp³-hybridized carbons (Fsp3) is 0.625. The number of carbonyl (C=O) groups is 1. The van der Waals surface area contributed by atoms with Crippen LogP contribution in [-0.4, -0.2) is 71.5 Å². The van der Waals surface area contributed by atoms with E-state index in [1.807, 2.05) is 34.3 Å². The number of imidazole rings is 1. The van der Waals surface area contributed by atoms with Crippen molar-refractivity contribution in [3.63, 3.8) is 0 Å². The third kappa shape index (κ3) is 4.04. The zero-order valence-electron chi connectivity index (χ0n) is 20.6. The molecule has 0 spiro atoms. The van der Waals surface area contributed by atoms with E-state index in [9.17, 15) is 4.79 Å². The molecular formula is C24H33N7O3. The molecule has 3 aromatic rings. The Morgan fingerprint density at radius 1 is 1.29 bits per heavy atom. The lowest BCUT2D eigenvalue weighted by Crippen LogP contribution is -2.43. The summed E-state index contributed by atoms with van der Waals surface area (Å²) in [6.07, 6.45) is 5.53. The summed E-state index contributed by atoms with van der Waals surface area (Å²) in [4.78, 5) is 28.7. The smallest absolute Gasteiger partial charge is 0.245 e. The summed E-state index contributed by atoms with van der Waals surface area (Å²) in [6.45, 7) is 10.9. The molecule has 5 heterocycles. The molecule has 2 aliphatic heterocycles. The van der Waals surface area contributed by atoms with E-state index in [-0.39, 0.29) is 23.5 Å². The van der Waals surface area contributed by atoms with Gasteiger partial charge >= 0.3 is 0 Å². The Hall–Kier alpha value is -3.01. The first-order valence-electron chi connectivity index (χ1n) is 12.1. The molecule has 34 heavy (non-hydrogen) atoms. The maximum atomic E-state index is 13.1. The van der Waals surface area contributed by atoms with E-state index >= 15 is 0 Å². The van der Waals surface area contributed by atoms with Gasteiger partial charge in [-0.25, -0.2) is 9.97 Å². The first kappa shape index (κ1) is 22.8. The predicted molar refractivity (Wildman–Crippen MR) is 126 cm³/mol. The Morgan fingerprint density at radius 3 is 2.85 bits per heavy atom. The van der Waals surface area contributed by atoms with Crippen molar-refractivity contribution >= 4 is 17.1 Å². The summed E-state index contributed by atoms with van der Waals surface area (Å²) < 4.78 is 16.0. The molecule has 0 aromatic carbocycles. The molecule has 0 radical (unpaired) electrons. The molecule has 3 aromatic heterocycles. The van der Waals surface area contributed by atoms with E-state index in [2.05, 4.69) is 35.8 Å². The average Bonchev–Trinajstić information content (AvgIpc) is 3.51. The summed E-state index contributed by atoms with van der Waals surface area (Å²) in [5, 5.41) is 4.45. The third-order valence-electron chi connectivity index (χ3n) is 7.05. The number of aromatic nitrogens is 6. The highest BCUT2D eigenvalue weighted by molar-refractivity contribution is 5.81. The van der Waals surface area contributed by atoms with Gasteiger partial charge in [-0.3, -0.25) is 9.48 Å². The summed E-state index contributed by atoms with van der Waals surface area (Å²) in [7, 11) is 1.94. The highest BCUT2D eigenvalue weighted by atomic mass is 16.5. The Kier molecular flexibility index (Phi) is 5.79. The van der Waals surface area contributed by atoms with Gasteiger partial charge in [0.1, 0.15) is 18.3 Å². The summed E-state index contributed by atoms with van der Waals surface area (Å²) in [5.74, 6) is 1.46. The number of amides is 1. The van der Waals surface area contributed by atoms with Gasteiger partial charge < -0.3 is 18.9 Å². The molecule has 10 heteroatoms. The van der Waals surface area contributed by atoms with E-state index in [1.165, 1.54) is 6.33 Å². The summed E-state index contributed by atoms with van der Waals surface area (Å²) in [5.41, 5.74) is 3.10. The lowest BCUT2D eigenvalue weighted by Gasteiger charge is -2.36. The van der Waals surface area contributed by atoms with E-state index < -0.39 is 0 Å². The monoisotopic (exact) mass is 467 g/mol. The van der Waals surface area contributed by atoms with Crippen molar-refractivity contribution in [1.82, 2.24) is 34.2 Å². The molecule has 182 valence electrons. The van der Waals surface area contributed by atoms with Crippen LogP contribution in [0.15, 0.2) is 12.5 Å². The highest BCUT2D eigenvalue weighted by Gasteiger charge is 2.38. The van der Waals surface area contributed by atoms with Gasteiger partial charge in [0.05, 0.1) is 23.9 Å². The molecule has 2 saturated heterocycles. The van der Waals surface area contributed by atoms with Crippen LogP contribution < -0.4 is 4.74 Å². The van der Waals surface area contributed by atoms with Gasteiger partial charge in [0, 0.05) is 44.8 Å². The van der Waals surface area contributed by atoms with Crippen LogP contribution in [0, 0.1) is 12.8 Å². The van der Waals surface area contributed by atoms with Gasteiger partial charge in [0.2, 0.25) is 11.8 Å². The number of rotatable bonds is 5. The zero-order valence-corrected chi connectivity index (χ0v) is 20.6. The molecule has 0 aliphatic carbocycles. The number of aryl methyl sites for hydroxylation is 2. The lowest BCUT2D eigenvalue weighted by atomic mass is 9.87. The van der Waals surface area contributed by atoms with Crippen molar-refractivity contribution in [3.8, 4) is 17.3 Å². The summed E-state index contributed by atoms with van der Waals surface area (Å²) in [6, 6.07) is 0. The molecule has 0 saturated carbocycles. The fourth-order valence-electron chi connectivity index (χ4n) is 5.17. The number of nitrogens with zero attached hydrogens (tertiary/aromatic N) is 7. The Labute approximate surface area is 199 Å². The van der Waals surface area contributed by atoms with Gasteiger partial charge in [-0.2, -0.15) is 10.1 Å². The van der Waals surface area contributed by atoms with Crippen molar-refractivity contribution in [3.05, 3.63) is 18.2 Å². The standard InChI is InChI=1S/C24H33N7O3/c1-6-31-15(2)18(12-27-31)20-28-19-21(29(20)5)25-14-26-22(19)34-17-7-9-30(13-17)23(32)16-8-10-33-24(3,4)11-16/h12,14,16-17H,6-11,13H2,1-5H3. The maximum Gasteiger partial charge on any atom is 0.245 e. The molecule has 10 nitrogen and oxygen atoms in total. The Morgan fingerprint density at radius 2 is 2.12 bits per heavy atom. The van der Waals surface area contributed by atoms with Gasteiger partial charge in [0.15, 0.2) is 11.2 Å². The molecule has 2 atom stereocenters. The number of likely N-dealkylation sites (tertiary alicyclic amines) is 1. The molecule has 0 bridgehead atoms. The number of hydrogen-bond donors (Lipinski definition) is 0.